The van der Waals surface area contributed by atoms with Crippen molar-refractivity contribution in [1.82, 2.24) is 0 Å². The number of fused-ring (bicyclic) bond motifs is 1. The molecule has 0 aliphatic rings. The lowest BCUT2D eigenvalue weighted by molar-refractivity contribution is 0.575. The molecule has 0 unspecified atom stereocenters. The Kier molecular flexibility index (Phi) is 7.45. The monoisotopic (exact) mass is 297 g/mol. The van der Waals surface area contributed by atoms with E-state index in [1.807, 2.05) is 0 Å². The molecule has 22 heavy (non-hydrogen) atoms. The van der Waals surface area contributed by atoms with Gasteiger partial charge in [0, 0.05) is 6.54 Å². The highest BCUT2D eigenvalue weighted by Gasteiger charge is 2.05. The third-order valence-electron chi connectivity index (χ3n) is 4.64. The van der Waals surface area contributed by atoms with Crippen LogP contribution in [0.4, 0.5) is 0 Å². The van der Waals surface area contributed by atoms with E-state index in [9.17, 15) is 0 Å². The maximum atomic E-state index is 6.02. The first-order valence-corrected chi connectivity index (χ1v) is 9.06. The van der Waals surface area contributed by atoms with Gasteiger partial charge < -0.3 is 5.73 Å². The summed E-state index contributed by atoms with van der Waals surface area (Å²) in [6, 6.07) is 13.1. The zero-order valence-corrected chi connectivity index (χ0v) is 14.1. The van der Waals surface area contributed by atoms with Crippen molar-refractivity contribution in [2.45, 2.75) is 71.3 Å². The minimum Gasteiger partial charge on any atom is -0.326 e. The first kappa shape index (κ1) is 17.0. The topological polar surface area (TPSA) is 26.0 Å². The van der Waals surface area contributed by atoms with Crippen LogP contribution in [0.5, 0.6) is 0 Å². The van der Waals surface area contributed by atoms with Gasteiger partial charge in [0.2, 0.25) is 0 Å². The lowest BCUT2D eigenvalue weighted by atomic mass is 9.95. The van der Waals surface area contributed by atoms with Gasteiger partial charge in [0.05, 0.1) is 0 Å². The van der Waals surface area contributed by atoms with Crippen molar-refractivity contribution in [3.05, 3.63) is 47.5 Å². The van der Waals surface area contributed by atoms with Crippen LogP contribution in [-0.4, -0.2) is 0 Å². The quantitative estimate of drug-likeness (QED) is 0.536. The normalized spacial score (nSPS) is 11.2. The Morgan fingerprint density at radius 3 is 2.18 bits per heavy atom. The van der Waals surface area contributed by atoms with Crippen molar-refractivity contribution in [1.29, 1.82) is 0 Å². The van der Waals surface area contributed by atoms with Crippen LogP contribution in [0.2, 0.25) is 0 Å². The van der Waals surface area contributed by atoms with Gasteiger partial charge in [-0.2, -0.15) is 0 Å². The SMILES string of the molecule is CCCCCCCCCCc1ccc2ccccc2c1CN. The van der Waals surface area contributed by atoms with Gasteiger partial charge in [-0.25, -0.2) is 0 Å². The third kappa shape index (κ3) is 4.84. The van der Waals surface area contributed by atoms with E-state index >= 15 is 0 Å². The fourth-order valence-corrected chi connectivity index (χ4v) is 3.31. The molecule has 0 saturated carbocycles. The Hall–Kier alpha value is -1.34. The molecular formula is C21H31N. The second-order valence-corrected chi connectivity index (χ2v) is 6.35. The lowest BCUT2D eigenvalue weighted by Gasteiger charge is -2.11. The molecule has 2 aromatic rings. The Morgan fingerprint density at radius 2 is 1.45 bits per heavy atom. The van der Waals surface area contributed by atoms with Crippen LogP contribution < -0.4 is 5.73 Å². The Labute approximate surface area is 135 Å². The lowest BCUT2D eigenvalue weighted by Crippen LogP contribution is -2.03. The standard InChI is InChI=1S/C21H31N/c1-2-3-4-5-6-7-8-9-12-19-16-15-18-13-10-11-14-20(18)21(19)17-22/h10-11,13-16H,2-9,12,17,22H2,1H3. The number of rotatable bonds is 10. The van der Waals surface area contributed by atoms with E-state index in [4.69, 9.17) is 5.73 Å². The molecule has 1 heteroatoms. The molecule has 0 aromatic heterocycles. The van der Waals surface area contributed by atoms with Crippen LogP contribution >= 0.6 is 0 Å². The van der Waals surface area contributed by atoms with Crippen molar-refractivity contribution < 1.29 is 0 Å². The molecule has 0 aliphatic heterocycles. The van der Waals surface area contributed by atoms with Crippen LogP contribution in [0.25, 0.3) is 10.8 Å². The zero-order valence-electron chi connectivity index (χ0n) is 14.1. The van der Waals surface area contributed by atoms with Crippen molar-refractivity contribution in [2.75, 3.05) is 0 Å². The highest BCUT2D eigenvalue weighted by Crippen LogP contribution is 2.24. The summed E-state index contributed by atoms with van der Waals surface area (Å²) in [5, 5.41) is 2.64. The van der Waals surface area contributed by atoms with Crippen LogP contribution in [-0.2, 0) is 13.0 Å². The van der Waals surface area contributed by atoms with Gasteiger partial charge in [-0.05, 0) is 34.7 Å². The summed E-state index contributed by atoms with van der Waals surface area (Å²) in [6.45, 7) is 2.92. The van der Waals surface area contributed by atoms with Crippen LogP contribution in [0.3, 0.4) is 0 Å². The summed E-state index contributed by atoms with van der Waals surface area (Å²) in [5.74, 6) is 0. The predicted molar refractivity (Wildman–Crippen MR) is 98.2 cm³/mol. The van der Waals surface area contributed by atoms with Crippen molar-refractivity contribution in [3.8, 4) is 0 Å². The highest BCUT2D eigenvalue weighted by molar-refractivity contribution is 5.86. The van der Waals surface area contributed by atoms with Gasteiger partial charge in [-0.1, -0.05) is 88.3 Å². The Bertz CT molecular complexity index is 559. The van der Waals surface area contributed by atoms with Gasteiger partial charge in [-0.3, -0.25) is 0 Å². The van der Waals surface area contributed by atoms with E-state index in [0.717, 1.165) is 0 Å². The molecule has 0 aliphatic carbocycles. The van der Waals surface area contributed by atoms with E-state index < -0.39 is 0 Å². The van der Waals surface area contributed by atoms with Crippen LogP contribution in [0.15, 0.2) is 36.4 Å². The minimum absolute atomic E-state index is 0.647. The molecule has 0 spiro atoms. The molecule has 2 rings (SSSR count). The first-order chi connectivity index (χ1) is 10.9. The molecule has 0 heterocycles. The number of benzene rings is 2. The molecule has 2 N–H and O–H groups in total. The van der Waals surface area contributed by atoms with E-state index in [-0.39, 0.29) is 0 Å². The van der Waals surface area contributed by atoms with Gasteiger partial charge in [0.1, 0.15) is 0 Å². The summed E-state index contributed by atoms with van der Waals surface area (Å²) in [6.07, 6.45) is 12.2. The van der Waals surface area contributed by atoms with E-state index in [1.54, 1.807) is 0 Å². The summed E-state index contributed by atoms with van der Waals surface area (Å²) in [4.78, 5) is 0. The molecule has 0 amide bonds. The molecule has 0 saturated heterocycles. The summed E-state index contributed by atoms with van der Waals surface area (Å²) in [5.41, 5.74) is 8.81. The van der Waals surface area contributed by atoms with Crippen molar-refractivity contribution in [3.63, 3.8) is 0 Å². The summed E-state index contributed by atoms with van der Waals surface area (Å²) >= 11 is 0. The first-order valence-electron chi connectivity index (χ1n) is 9.06. The molecule has 0 atom stereocenters. The molecular weight excluding hydrogens is 266 g/mol. The van der Waals surface area contributed by atoms with Crippen LogP contribution in [0, 0.1) is 0 Å². The zero-order chi connectivity index (χ0) is 15.6. The third-order valence-corrected chi connectivity index (χ3v) is 4.64. The number of hydrogen-bond donors (Lipinski definition) is 1. The molecule has 0 fully saturated rings. The van der Waals surface area contributed by atoms with Gasteiger partial charge in [0.15, 0.2) is 0 Å². The highest BCUT2D eigenvalue weighted by atomic mass is 14.5. The fourth-order valence-electron chi connectivity index (χ4n) is 3.31. The van der Waals surface area contributed by atoms with E-state index in [0.29, 0.717) is 6.54 Å². The molecule has 120 valence electrons. The maximum Gasteiger partial charge on any atom is 0.0187 e. The second-order valence-electron chi connectivity index (χ2n) is 6.35. The second kappa shape index (κ2) is 9.63. The average Bonchev–Trinajstić information content (AvgIpc) is 2.56. The van der Waals surface area contributed by atoms with Crippen molar-refractivity contribution >= 4 is 10.8 Å². The minimum atomic E-state index is 0.647. The summed E-state index contributed by atoms with van der Waals surface area (Å²) < 4.78 is 0. The summed E-state index contributed by atoms with van der Waals surface area (Å²) in [7, 11) is 0. The number of unbranched alkanes of at least 4 members (excludes halogenated alkanes) is 7. The van der Waals surface area contributed by atoms with Crippen LogP contribution in [0.1, 0.15) is 69.4 Å². The number of nitrogens with two attached hydrogens (primary N) is 1. The van der Waals surface area contributed by atoms with Gasteiger partial charge >= 0.3 is 0 Å². The molecule has 0 bridgehead atoms. The number of hydrogen-bond acceptors (Lipinski definition) is 1. The molecule has 0 radical (unpaired) electrons. The average molecular weight is 297 g/mol. The maximum absolute atomic E-state index is 6.02. The molecule has 2 aromatic carbocycles. The van der Waals surface area contributed by atoms with E-state index in [1.165, 1.54) is 79.7 Å². The molecule has 1 nitrogen and oxygen atoms in total. The largest absolute Gasteiger partial charge is 0.326 e. The van der Waals surface area contributed by atoms with Gasteiger partial charge in [0.25, 0.3) is 0 Å². The van der Waals surface area contributed by atoms with Crippen molar-refractivity contribution in [2.24, 2.45) is 5.73 Å². The predicted octanol–water partition coefficient (Wildman–Crippen LogP) is 5.98. The number of aryl methyl sites for hydroxylation is 1. The van der Waals surface area contributed by atoms with Gasteiger partial charge in [-0.15, -0.1) is 0 Å². The Morgan fingerprint density at radius 1 is 0.773 bits per heavy atom. The fraction of sp³-hybridized carbons (Fsp3) is 0.524. The van der Waals surface area contributed by atoms with E-state index in [2.05, 4.69) is 43.3 Å². The Balaban J connectivity index is 1.82. The smallest absolute Gasteiger partial charge is 0.0187 e.